The number of phenolic OH excluding ortho intramolecular Hbond substituents is 1. The van der Waals surface area contributed by atoms with Gasteiger partial charge in [0, 0.05) is 60.8 Å². The number of carbonyl (C=O) groups excluding carboxylic acids is 10. The Morgan fingerprint density at radius 2 is 1.06 bits per heavy atom. The quantitative estimate of drug-likeness (QED) is 0.0170. The van der Waals surface area contributed by atoms with Gasteiger partial charge in [0.2, 0.25) is 59.1 Å². The minimum absolute atomic E-state index is 0.0104. The molecule has 1 saturated heterocycles. The van der Waals surface area contributed by atoms with Crippen molar-refractivity contribution in [2.45, 2.75) is 164 Å². The van der Waals surface area contributed by atoms with E-state index in [4.69, 9.17) is 16.6 Å². The molecule has 1 aromatic heterocycles. The number of para-hydroxylation sites is 1. The van der Waals surface area contributed by atoms with Crippen LogP contribution in [0.1, 0.15) is 88.8 Å². The summed E-state index contributed by atoms with van der Waals surface area (Å²) in [5.74, 6) is -15.2. The number of unbranched alkanes of at least 4 members (excludes halogenated alkanes) is 1. The zero-order chi connectivity index (χ0) is 71.6. The number of rotatable bonds is 39. The summed E-state index contributed by atoms with van der Waals surface area (Å²) in [4.78, 5) is 181. The molecule has 2 heterocycles. The zero-order valence-electron chi connectivity index (χ0n) is 53.7. The fourth-order valence-corrected chi connectivity index (χ4v) is 11.1. The molecule has 12 atom stereocenters. The van der Waals surface area contributed by atoms with E-state index >= 15 is 4.79 Å². The van der Waals surface area contributed by atoms with E-state index in [1.54, 1.807) is 74.6 Å². The number of likely N-dealkylation sites (tertiary alicyclic amines) is 1. The van der Waals surface area contributed by atoms with Crippen LogP contribution in [0.3, 0.4) is 0 Å². The van der Waals surface area contributed by atoms with Gasteiger partial charge < -0.3 is 94.7 Å². The van der Waals surface area contributed by atoms with Crippen molar-refractivity contribution in [2.24, 2.45) is 17.4 Å². The van der Waals surface area contributed by atoms with E-state index in [-0.39, 0.29) is 76.0 Å². The average Bonchev–Trinajstić information content (AvgIpc) is 1.78. The molecule has 1 aliphatic rings. The van der Waals surface area contributed by atoms with Gasteiger partial charge in [0.15, 0.2) is 0 Å². The van der Waals surface area contributed by atoms with Crippen molar-refractivity contribution >= 4 is 113 Å². The number of aliphatic hydroxyl groups is 1. The number of carboxylic acid groups (broad SMARTS) is 3. The van der Waals surface area contributed by atoms with Crippen molar-refractivity contribution < 1.29 is 87.9 Å². The Labute approximate surface area is 569 Å². The molecule has 0 aliphatic carbocycles. The number of nitrogens with one attached hydrogen (secondary N) is 10. The summed E-state index contributed by atoms with van der Waals surface area (Å²) < 4.78 is 0. The maximum absolute atomic E-state index is 15.0. The van der Waals surface area contributed by atoms with E-state index in [1.165, 1.54) is 31.2 Å². The first kappa shape index (κ1) is 78.4. The minimum Gasteiger partial charge on any atom is -0.508 e. The molecule has 528 valence electrons. The van der Waals surface area contributed by atoms with Crippen molar-refractivity contribution in [1.29, 1.82) is 0 Å². The summed E-state index contributed by atoms with van der Waals surface area (Å²) in [6, 6.07) is 4.35. The number of phenols is 1. The molecular weight excluding hydrogens is 1300 g/mol. The molecule has 10 amide bonds. The Balaban J connectivity index is 1.42. The van der Waals surface area contributed by atoms with Gasteiger partial charge in [-0.1, -0.05) is 74.5 Å². The van der Waals surface area contributed by atoms with Gasteiger partial charge in [-0.05, 0) is 92.8 Å². The van der Waals surface area contributed by atoms with Crippen molar-refractivity contribution in [3.63, 3.8) is 0 Å². The highest BCUT2D eigenvalue weighted by atomic mass is 32.1. The number of aromatic amines is 1. The van der Waals surface area contributed by atoms with E-state index in [2.05, 4.69) is 78.1 Å². The molecule has 33 heteroatoms. The number of benzene rings is 3. The number of carboxylic acids is 3. The molecule has 31 nitrogen and oxygen atoms in total. The third-order valence-electron chi connectivity index (χ3n) is 16.0. The molecule has 0 spiro atoms. The molecule has 0 unspecified atom stereocenters. The molecule has 5 rings (SSSR count). The molecule has 4 aromatic rings. The highest BCUT2D eigenvalue weighted by molar-refractivity contribution is 7.80. The number of nitrogens with zero attached hydrogens (tertiary/aromatic N) is 1. The Morgan fingerprint density at radius 1 is 0.567 bits per heavy atom. The van der Waals surface area contributed by atoms with Gasteiger partial charge >= 0.3 is 17.9 Å². The fraction of sp³-hybridized carbons (Fsp3) is 0.484. The van der Waals surface area contributed by atoms with E-state index in [0.717, 1.165) is 4.90 Å². The molecule has 0 saturated carbocycles. The maximum Gasteiger partial charge on any atom is 0.326 e. The summed E-state index contributed by atoms with van der Waals surface area (Å²) >= 11 is 8.52. The summed E-state index contributed by atoms with van der Waals surface area (Å²) in [5, 5.41) is 72.7. The molecule has 1 aliphatic heterocycles. The summed E-state index contributed by atoms with van der Waals surface area (Å²) in [7, 11) is 0. The number of nitrogens with two attached hydrogens (primary N) is 2. The maximum atomic E-state index is 15.0. The number of hydrogen-bond acceptors (Lipinski definition) is 19. The van der Waals surface area contributed by atoms with Crippen LogP contribution >= 0.6 is 25.3 Å². The van der Waals surface area contributed by atoms with Crippen LogP contribution in [-0.2, 0) is 81.6 Å². The first-order valence-electron chi connectivity index (χ1n) is 31.5. The first-order valence-corrected chi connectivity index (χ1v) is 32.7. The predicted molar refractivity (Wildman–Crippen MR) is 358 cm³/mol. The van der Waals surface area contributed by atoms with Gasteiger partial charge in [0.05, 0.1) is 18.6 Å². The van der Waals surface area contributed by atoms with Crippen LogP contribution in [0.4, 0.5) is 0 Å². The first-order chi connectivity index (χ1) is 46.0. The number of fused-ring (bicyclic) bond motifs is 1. The third-order valence-corrected chi connectivity index (χ3v) is 16.7. The predicted octanol–water partition coefficient (Wildman–Crippen LogP) is -1.97. The van der Waals surface area contributed by atoms with Crippen molar-refractivity contribution in [3.05, 3.63) is 102 Å². The smallest absolute Gasteiger partial charge is 0.326 e. The number of hydrogen-bond donors (Lipinski definition) is 19. The van der Waals surface area contributed by atoms with Crippen LogP contribution in [0.2, 0.25) is 0 Å². The second-order valence-corrected chi connectivity index (χ2v) is 24.6. The lowest BCUT2D eigenvalue weighted by atomic mass is 10.0. The van der Waals surface area contributed by atoms with E-state index < -0.39 is 174 Å². The Hall–Kier alpha value is -9.31. The number of amides is 10. The number of H-pyrrole nitrogens is 1. The highest BCUT2D eigenvalue weighted by Gasteiger charge is 2.42. The zero-order valence-corrected chi connectivity index (χ0v) is 55.5. The Bertz CT molecular complexity index is 3420. The van der Waals surface area contributed by atoms with Gasteiger partial charge in [-0.3, -0.25) is 57.5 Å². The van der Waals surface area contributed by atoms with Gasteiger partial charge in [-0.15, -0.1) is 0 Å². The van der Waals surface area contributed by atoms with Crippen molar-refractivity contribution in [3.8, 4) is 5.75 Å². The largest absolute Gasteiger partial charge is 0.508 e. The van der Waals surface area contributed by atoms with Gasteiger partial charge in [0.1, 0.15) is 66.2 Å². The fourth-order valence-electron chi connectivity index (χ4n) is 10.6. The molecule has 0 radical (unpaired) electrons. The summed E-state index contributed by atoms with van der Waals surface area (Å²) in [6.45, 7) is 4.44. The second-order valence-electron chi connectivity index (χ2n) is 23.8. The lowest BCUT2D eigenvalue weighted by Crippen LogP contribution is -2.62. The number of carbonyl (C=O) groups is 13. The van der Waals surface area contributed by atoms with E-state index in [1.807, 2.05) is 0 Å². The molecule has 0 bridgehead atoms. The van der Waals surface area contributed by atoms with Crippen LogP contribution in [-0.4, -0.2) is 210 Å². The topological polar surface area (TPSA) is 502 Å². The van der Waals surface area contributed by atoms with Crippen molar-refractivity contribution in [1.82, 2.24) is 57.7 Å². The highest BCUT2D eigenvalue weighted by Crippen LogP contribution is 2.22. The Kier molecular flexibility index (Phi) is 31.1. The van der Waals surface area contributed by atoms with Crippen LogP contribution in [0.15, 0.2) is 85.1 Å². The average molecular weight is 1390 g/mol. The second kappa shape index (κ2) is 38.4. The summed E-state index contributed by atoms with van der Waals surface area (Å²) in [5.41, 5.74) is 13.8. The number of thiol groups is 2. The number of aromatic nitrogens is 1. The normalized spacial score (nSPS) is 16.2. The third kappa shape index (κ3) is 24.1. The van der Waals surface area contributed by atoms with Crippen LogP contribution in [0.5, 0.6) is 5.75 Å². The number of aliphatic carboxylic acids is 3. The van der Waals surface area contributed by atoms with Gasteiger partial charge in [-0.25, -0.2) is 4.79 Å². The minimum atomic E-state index is -1.90. The van der Waals surface area contributed by atoms with Crippen molar-refractivity contribution in [2.75, 3.05) is 24.6 Å². The molecule has 19 N–H and O–H groups in total. The monoisotopic (exact) mass is 1390 g/mol. The van der Waals surface area contributed by atoms with Crippen LogP contribution in [0, 0.1) is 5.92 Å². The molecule has 3 aromatic carbocycles. The van der Waals surface area contributed by atoms with Gasteiger partial charge in [-0.2, -0.15) is 25.3 Å². The lowest BCUT2D eigenvalue weighted by molar-refractivity contribution is -0.145. The standard InChI is InChI=1S/C64H87N13O18S2/c1-33(2)52(64(94)95)75-61(91)48(32-97)74-57(87)44(27-36-18-20-38(79)21-19-36)69-55(85)42(16-9-10-24-65)68-58(88)45(28-37-30-67-41-15-8-7-14-39(37)41)71-56(86)43(26-35-12-5-4-6-13-35)70-60(90)47(31-96)73-59(89)46(29-51(82)83)72-62(92)49-17-11-25-77(49)63(93)53(34(3)78)76-54(84)40(66)22-23-50(80)81/h4-8,12-15,18-21,30,33-34,40,42-49,52-53,67,78-79,96-97H,9-11,16-17,22-29,31-32,65-66H2,1-3H3,(H,68,88)(H,69,85)(H,70,90)(H,71,86)(H,72,92)(H,73,89)(H,74,87)(H,75,91)(H,76,84)(H,80,81)(H,82,83)(H,94,95)/t34-,40+,42-,43+,44+,45+,46+,47+,48+,49-,52+,53+/m1/s1. The van der Waals surface area contributed by atoms with Gasteiger partial charge in [0.25, 0.3) is 0 Å². The molecule has 97 heavy (non-hydrogen) atoms. The van der Waals surface area contributed by atoms with E-state index in [9.17, 15) is 78.0 Å². The van der Waals surface area contributed by atoms with Crippen LogP contribution in [0.25, 0.3) is 10.9 Å². The number of aromatic hydroxyl groups is 1. The molecular formula is C64H87N13O18S2. The Morgan fingerprint density at radius 3 is 1.60 bits per heavy atom. The van der Waals surface area contributed by atoms with E-state index in [0.29, 0.717) is 34.0 Å². The SMILES string of the molecule is CC(C)[C@H](NC(=O)[C@H](CS)NC(=O)[C@H](Cc1ccc(O)cc1)NC(=O)[C@@H](CCCCN)NC(=O)[C@H](Cc1c[nH]c2ccccc12)NC(=O)[C@H](Cc1ccccc1)NC(=O)[C@H](CS)NC(=O)[C@H](CC(=O)O)NC(=O)[C@H]1CCCN1C(=O)[C@@H](NC(=O)[C@@H](N)CCC(=O)O)[C@@H](C)O)C(=O)O. The summed E-state index contributed by atoms with van der Waals surface area (Å²) in [6.07, 6.45) is -1.67. The molecule has 1 fully saturated rings. The lowest BCUT2D eigenvalue weighted by Gasteiger charge is -2.31. The van der Waals surface area contributed by atoms with Crippen LogP contribution < -0.4 is 59.3 Å². The number of aliphatic hydroxyl groups excluding tert-OH is 1.